The van der Waals surface area contributed by atoms with E-state index in [2.05, 4.69) is 39.0 Å². The molecule has 0 atom stereocenters. The molecule has 70 valence electrons. The summed E-state index contributed by atoms with van der Waals surface area (Å²) in [4.78, 5) is 2.32. The van der Waals surface area contributed by atoms with Crippen LogP contribution in [-0.2, 0) is 0 Å². The van der Waals surface area contributed by atoms with Crippen molar-refractivity contribution in [3.05, 3.63) is 24.3 Å². The average molecular weight is 167 g/mol. The van der Waals surface area contributed by atoms with Gasteiger partial charge in [0.05, 0.1) is 0 Å². The predicted molar refractivity (Wildman–Crippen MR) is 56.4 cm³/mol. The monoisotopic (exact) mass is 167 g/mol. The van der Waals surface area contributed by atoms with Crippen LogP contribution in [0.15, 0.2) is 24.3 Å². The second kappa shape index (κ2) is 6.01. The second-order valence-electron chi connectivity index (χ2n) is 3.72. The first-order valence-corrected chi connectivity index (χ1v) is 4.49. The Morgan fingerprint density at radius 3 is 1.58 bits per heavy atom. The third-order valence-corrected chi connectivity index (χ3v) is 1.84. The van der Waals surface area contributed by atoms with Crippen LogP contribution >= 0.6 is 0 Å². The Morgan fingerprint density at radius 2 is 1.33 bits per heavy atom. The lowest BCUT2D eigenvalue weighted by molar-refractivity contribution is 0.342. The fourth-order valence-corrected chi connectivity index (χ4v) is 0.875. The summed E-state index contributed by atoms with van der Waals surface area (Å²) in [6, 6.07) is 0. The van der Waals surface area contributed by atoms with Crippen molar-refractivity contribution < 1.29 is 0 Å². The Hall–Kier alpha value is -0.560. The maximum Gasteiger partial charge on any atom is 0.00154 e. The van der Waals surface area contributed by atoms with E-state index in [4.69, 9.17) is 0 Å². The average Bonchev–Trinajstić information content (AvgIpc) is 1.96. The summed E-state index contributed by atoms with van der Waals surface area (Å²) >= 11 is 0. The van der Waals surface area contributed by atoms with Crippen LogP contribution in [0.2, 0.25) is 0 Å². The van der Waals surface area contributed by atoms with Gasteiger partial charge in [-0.15, -0.1) is 13.2 Å². The van der Waals surface area contributed by atoms with E-state index >= 15 is 0 Å². The second-order valence-corrected chi connectivity index (χ2v) is 3.72. The van der Waals surface area contributed by atoms with Gasteiger partial charge in [0.2, 0.25) is 0 Å². The van der Waals surface area contributed by atoms with Crippen molar-refractivity contribution in [3.63, 3.8) is 0 Å². The molecular weight excluding hydrogens is 146 g/mol. The molecule has 0 amide bonds. The highest BCUT2D eigenvalue weighted by Crippen LogP contribution is 2.01. The molecule has 0 aromatic heterocycles. The van der Waals surface area contributed by atoms with E-state index in [0.29, 0.717) is 0 Å². The van der Waals surface area contributed by atoms with Crippen LogP contribution in [0.1, 0.15) is 26.7 Å². The summed E-state index contributed by atoms with van der Waals surface area (Å²) in [6.07, 6.45) is 2.21. The topological polar surface area (TPSA) is 3.24 Å². The van der Waals surface area contributed by atoms with Crippen molar-refractivity contribution in [2.24, 2.45) is 0 Å². The number of rotatable bonds is 6. The van der Waals surface area contributed by atoms with Gasteiger partial charge < -0.3 is 4.90 Å². The molecule has 0 radical (unpaired) electrons. The molecule has 0 heterocycles. The van der Waals surface area contributed by atoms with E-state index < -0.39 is 0 Å². The van der Waals surface area contributed by atoms with Crippen LogP contribution in [0, 0.1) is 0 Å². The van der Waals surface area contributed by atoms with E-state index in [1.165, 1.54) is 11.1 Å². The minimum absolute atomic E-state index is 1.10. The Labute approximate surface area is 76.8 Å². The molecule has 0 unspecified atom stereocenters. The van der Waals surface area contributed by atoms with E-state index in [1.54, 1.807) is 0 Å². The van der Waals surface area contributed by atoms with Crippen LogP contribution in [-0.4, -0.2) is 25.0 Å². The fraction of sp³-hybridized carbons (Fsp3) is 0.636. The highest BCUT2D eigenvalue weighted by atomic mass is 15.1. The molecule has 0 aliphatic rings. The van der Waals surface area contributed by atoms with Gasteiger partial charge in [0, 0.05) is 13.1 Å². The Balaban J connectivity index is 3.39. The quantitative estimate of drug-likeness (QED) is 0.550. The van der Waals surface area contributed by atoms with Gasteiger partial charge in [0.15, 0.2) is 0 Å². The third-order valence-electron chi connectivity index (χ3n) is 1.84. The maximum atomic E-state index is 3.88. The first kappa shape index (κ1) is 11.4. The van der Waals surface area contributed by atoms with E-state index in [9.17, 15) is 0 Å². The highest BCUT2D eigenvalue weighted by molar-refractivity contribution is 4.90. The summed E-state index contributed by atoms with van der Waals surface area (Å²) in [7, 11) is 2.14. The highest BCUT2D eigenvalue weighted by Gasteiger charge is 1.97. The molecule has 0 saturated carbocycles. The molecule has 0 bridgehead atoms. The first-order valence-electron chi connectivity index (χ1n) is 4.49. The van der Waals surface area contributed by atoms with E-state index in [1.807, 2.05) is 0 Å². The standard InChI is InChI=1S/C11H21N/c1-10(2)6-8-12(5)9-7-11(3)4/h1,3,6-9H2,2,4-5H3. The molecule has 12 heavy (non-hydrogen) atoms. The molecule has 1 heteroatoms. The molecule has 0 aromatic carbocycles. The SMILES string of the molecule is C=C(C)CCN(C)CCC(=C)C. The van der Waals surface area contributed by atoms with Gasteiger partial charge in [-0.2, -0.15) is 0 Å². The summed E-state index contributed by atoms with van der Waals surface area (Å²) in [5.41, 5.74) is 2.52. The zero-order valence-corrected chi connectivity index (χ0v) is 8.69. The van der Waals surface area contributed by atoms with Crippen LogP contribution in [0.5, 0.6) is 0 Å². The van der Waals surface area contributed by atoms with Gasteiger partial charge in [-0.3, -0.25) is 0 Å². The molecular formula is C11H21N. The molecule has 0 N–H and O–H groups in total. The Morgan fingerprint density at radius 1 is 1.00 bits per heavy atom. The largest absolute Gasteiger partial charge is 0.306 e. The van der Waals surface area contributed by atoms with Crippen LogP contribution in [0.3, 0.4) is 0 Å². The normalized spacial score (nSPS) is 10.3. The summed E-state index contributed by atoms with van der Waals surface area (Å²) in [5.74, 6) is 0. The molecule has 0 aromatic rings. The molecule has 1 nitrogen and oxygen atoms in total. The van der Waals surface area contributed by atoms with Crippen LogP contribution in [0.4, 0.5) is 0 Å². The lowest BCUT2D eigenvalue weighted by Gasteiger charge is -2.16. The zero-order chi connectivity index (χ0) is 9.56. The molecule has 0 fully saturated rings. The molecule has 0 spiro atoms. The fourth-order valence-electron chi connectivity index (χ4n) is 0.875. The van der Waals surface area contributed by atoms with Gasteiger partial charge in [0.1, 0.15) is 0 Å². The molecule has 0 aliphatic carbocycles. The molecule has 0 saturated heterocycles. The number of hydrogen-bond acceptors (Lipinski definition) is 1. The smallest absolute Gasteiger partial charge is 0.00154 e. The molecule has 0 rings (SSSR count). The molecule has 0 aliphatic heterocycles. The van der Waals surface area contributed by atoms with Crippen molar-refractivity contribution in [2.45, 2.75) is 26.7 Å². The lowest BCUT2D eigenvalue weighted by atomic mass is 10.2. The number of nitrogens with zero attached hydrogens (tertiary/aromatic N) is 1. The van der Waals surface area contributed by atoms with Crippen molar-refractivity contribution in [1.29, 1.82) is 0 Å². The Bertz CT molecular complexity index is 140. The van der Waals surface area contributed by atoms with Gasteiger partial charge in [-0.05, 0) is 33.7 Å². The Kier molecular flexibility index (Phi) is 5.73. The van der Waals surface area contributed by atoms with Crippen LogP contribution in [0.25, 0.3) is 0 Å². The maximum absolute atomic E-state index is 3.88. The zero-order valence-electron chi connectivity index (χ0n) is 8.69. The first-order chi connectivity index (χ1) is 5.52. The van der Waals surface area contributed by atoms with Crippen LogP contribution < -0.4 is 0 Å². The summed E-state index contributed by atoms with van der Waals surface area (Å²) in [6.45, 7) is 14.1. The van der Waals surface area contributed by atoms with Gasteiger partial charge in [-0.1, -0.05) is 11.1 Å². The third kappa shape index (κ3) is 7.55. The van der Waals surface area contributed by atoms with Gasteiger partial charge in [-0.25, -0.2) is 0 Å². The van der Waals surface area contributed by atoms with Crippen molar-refractivity contribution in [1.82, 2.24) is 4.90 Å². The number of hydrogen-bond donors (Lipinski definition) is 0. The minimum atomic E-state index is 1.10. The van der Waals surface area contributed by atoms with Gasteiger partial charge in [0.25, 0.3) is 0 Å². The van der Waals surface area contributed by atoms with Crippen molar-refractivity contribution in [3.8, 4) is 0 Å². The summed E-state index contributed by atoms with van der Waals surface area (Å²) < 4.78 is 0. The van der Waals surface area contributed by atoms with E-state index in [-0.39, 0.29) is 0 Å². The van der Waals surface area contributed by atoms with E-state index in [0.717, 1.165) is 25.9 Å². The van der Waals surface area contributed by atoms with Crippen molar-refractivity contribution in [2.75, 3.05) is 20.1 Å². The predicted octanol–water partition coefficient (Wildman–Crippen LogP) is 2.85. The minimum Gasteiger partial charge on any atom is -0.306 e. The van der Waals surface area contributed by atoms with Gasteiger partial charge >= 0.3 is 0 Å². The summed E-state index contributed by atoms with van der Waals surface area (Å²) in [5, 5.41) is 0. The lowest BCUT2D eigenvalue weighted by Crippen LogP contribution is -2.21. The van der Waals surface area contributed by atoms with Crippen molar-refractivity contribution >= 4 is 0 Å².